The summed E-state index contributed by atoms with van der Waals surface area (Å²) in [6, 6.07) is 16.9. The van der Waals surface area contributed by atoms with Gasteiger partial charge >= 0.3 is 0 Å². The molecule has 2 nitrogen and oxygen atoms in total. The van der Waals surface area contributed by atoms with Crippen molar-refractivity contribution in [3.8, 4) is 11.5 Å². The first kappa shape index (κ1) is 13.7. The average molecular weight is 297 g/mol. The van der Waals surface area contributed by atoms with Gasteiger partial charge in [-0.15, -0.1) is 0 Å². The van der Waals surface area contributed by atoms with E-state index < -0.39 is 0 Å². The highest BCUT2D eigenvalue weighted by Crippen LogP contribution is 2.34. The van der Waals surface area contributed by atoms with Gasteiger partial charge in [0.05, 0.1) is 0 Å². The zero-order chi connectivity index (χ0) is 14.8. The van der Waals surface area contributed by atoms with Crippen LogP contribution < -0.4 is 4.74 Å². The molecule has 0 saturated carbocycles. The summed E-state index contributed by atoms with van der Waals surface area (Å²) >= 11 is 6.20. The molecular formula is C18H13ClO2. The molecule has 3 aromatic rings. The van der Waals surface area contributed by atoms with Crippen molar-refractivity contribution in [3.05, 3.63) is 70.7 Å². The molecule has 0 unspecified atom stereocenters. The van der Waals surface area contributed by atoms with Gasteiger partial charge in [-0.05, 0) is 42.8 Å². The predicted molar refractivity (Wildman–Crippen MR) is 85.6 cm³/mol. The number of rotatable bonds is 3. The lowest BCUT2D eigenvalue weighted by molar-refractivity contribution is 0.112. The minimum Gasteiger partial charge on any atom is -0.457 e. The first-order valence-corrected chi connectivity index (χ1v) is 6.98. The van der Waals surface area contributed by atoms with E-state index >= 15 is 0 Å². The maximum atomic E-state index is 10.9. The van der Waals surface area contributed by atoms with Crippen LogP contribution in [0.4, 0.5) is 0 Å². The van der Waals surface area contributed by atoms with E-state index in [2.05, 4.69) is 0 Å². The molecule has 0 aromatic heterocycles. The number of ether oxygens (including phenoxy) is 1. The van der Waals surface area contributed by atoms with Crippen LogP contribution in [0.2, 0.25) is 5.02 Å². The third kappa shape index (κ3) is 2.63. The summed E-state index contributed by atoms with van der Waals surface area (Å²) in [4.78, 5) is 10.9. The molecule has 0 radical (unpaired) electrons. The monoisotopic (exact) mass is 296 g/mol. The smallest absolute Gasteiger partial charge is 0.150 e. The Morgan fingerprint density at radius 3 is 2.48 bits per heavy atom. The molecule has 104 valence electrons. The van der Waals surface area contributed by atoms with Gasteiger partial charge in [-0.25, -0.2) is 0 Å². The van der Waals surface area contributed by atoms with E-state index in [0.29, 0.717) is 16.3 Å². The van der Waals surface area contributed by atoms with Crippen molar-refractivity contribution < 1.29 is 9.53 Å². The molecule has 21 heavy (non-hydrogen) atoms. The Morgan fingerprint density at radius 2 is 1.76 bits per heavy atom. The lowest BCUT2D eigenvalue weighted by atomic mass is 10.1. The number of carbonyl (C=O) groups is 1. The molecule has 3 aromatic carbocycles. The number of aldehydes is 1. The summed E-state index contributed by atoms with van der Waals surface area (Å²) in [6.07, 6.45) is 0.844. The average Bonchev–Trinajstić information content (AvgIpc) is 2.51. The third-order valence-electron chi connectivity index (χ3n) is 3.43. The van der Waals surface area contributed by atoms with Crippen molar-refractivity contribution in [1.82, 2.24) is 0 Å². The van der Waals surface area contributed by atoms with Crippen molar-refractivity contribution in [2.45, 2.75) is 6.92 Å². The Morgan fingerprint density at radius 1 is 1.00 bits per heavy atom. The van der Waals surface area contributed by atoms with Gasteiger partial charge in [0.25, 0.3) is 0 Å². The van der Waals surface area contributed by atoms with Gasteiger partial charge in [0.2, 0.25) is 0 Å². The molecule has 0 bridgehead atoms. The Bertz CT molecular complexity index is 825. The van der Waals surface area contributed by atoms with Crippen molar-refractivity contribution >= 4 is 28.7 Å². The number of halogens is 1. The highest BCUT2D eigenvalue weighted by atomic mass is 35.5. The van der Waals surface area contributed by atoms with E-state index in [1.165, 1.54) is 0 Å². The van der Waals surface area contributed by atoms with Gasteiger partial charge in [0, 0.05) is 21.4 Å². The van der Waals surface area contributed by atoms with Crippen LogP contribution in [-0.4, -0.2) is 6.29 Å². The van der Waals surface area contributed by atoms with E-state index in [1.54, 1.807) is 12.1 Å². The quantitative estimate of drug-likeness (QED) is 0.604. The maximum absolute atomic E-state index is 10.9. The Hall–Kier alpha value is -2.32. The number of hydrogen-bond acceptors (Lipinski definition) is 2. The van der Waals surface area contributed by atoms with Gasteiger partial charge in [0.15, 0.2) is 0 Å². The summed E-state index contributed by atoms with van der Waals surface area (Å²) in [6.45, 7) is 1.89. The number of fused-ring (bicyclic) bond motifs is 1. The zero-order valence-corrected chi connectivity index (χ0v) is 12.2. The molecular weight excluding hydrogens is 284 g/mol. The second kappa shape index (κ2) is 5.58. The van der Waals surface area contributed by atoms with Crippen molar-refractivity contribution in [3.63, 3.8) is 0 Å². The molecule has 0 fully saturated rings. The van der Waals surface area contributed by atoms with Gasteiger partial charge in [0.1, 0.15) is 17.8 Å². The van der Waals surface area contributed by atoms with Crippen LogP contribution in [0.3, 0.4) is 0 Å². The van der Waals surface area contributed by atoms with E-state index in [-0.39, 0.29) is 0 Å². The highest BCUT2D eigenvalue weighted by molar-refractivity contribution is 6.35. The molecule has 3 heteroatoms. The van der Waals surface area contributed by atoms with E-state index in [1.807, 2.05) is 49.4 Å². The Balaban J connectivity index is 2.04. The number of benzene rings is 3. The standard InChI is InChI=1S/C18H13ClO2/c1-12-10-14(7-6-13(12)11-20)21-18-9-8-17(19)15-4-2-3-5-16(15)18/h2-11H,1H3. The third-order valence-corrected chi connectivity index (χ3v) is 3.76. The van der Waals surface area contributed by atoms with Crippen LogP contribution in [-0.2, 0) is 0 Å². The van der Waals surface area contributed by atoms with Crippen molar-refractivity contribution in [2.75, 3.05) is 0 Å². The van der Waals surface area contributed by atoms with Gasteiger partial charge < -0.3 is 4.74 Å². The fourth-order valence-corrected chi connectivity index (χ4v) is 2.52. The second-order valence-electron chi connectivity index (χ2n) is 4.83. The molecule has 0 amide bonds. The fourth-order valence-electron chi connectivity index (χ4n) is 2.29. The van der Waals surface area contributed by atoms with Crippen LogP contribution in [0.25, 0.3) is 10.8 Å². The Kier molecular flexibility index (Phi) is 3.63. The summed E-state index contributed by atoms with van der Waals surface area (Å²) in [5.41, 5.74) is 1.56. The number of hydrogen-bond donors (Lipinski definition) is 0. The summed E-state index contributed by atoms with van der Waals surface area (Å²) < 4.78 is 5.95. The molecule has 0 aliphatic rings. The molecule has 0 spiro atoms. The SMILES string of the molecule is Cc1cc(Oc2ccc(Cl)c3ccccc23)ccc1C=O. The molecule has 0 atom stereocenters. The van der Waals surface area contributed by atoms with E-state index in [9.17, 15) is 4.79 Å². The zero-order valence-electron chi connectivity index (χ0n) is 11.5. The van der Waals surface area contributed by atoms with E-state index in [4.69, 9.17) is 16.3 Å². The first-order chi connectivity index (χ1) is 10.2. The Labute approximate surface area is 127 Å². The normalized spacial score (nSPS) is 10.6. The topological polar surface area (TPSA) is 26.3 Å². The van der Waals surface area contributed by atoms with Crippen LogP contribution in [0.15, 0.2) is 54.6 Å². The van der Waals surface area contributed by atoms with Crippen LogP contribution >= 0.6 is 11.6 Å². The van der Waals surface area contributed by atoms with Crippen LogP contribution in [0, 0.1) is 6.92 Å². The second-order valence-corrected chi connectivity index (χ2v) is 5.24. The summed E-state index contributed by atoms with van der Waals surface area (Å²) in [5.74, 6) is 1.44. The maximum Gasteiger partial charge on any atom is 0.150 e. The summed E-state index contributed by atoms with van der Waals surface area (Å²) in [7, 11) is 0. The lowest BCUT2D eigenvalue weighted by Crippen LogP contribution is -1.90. The number of carbonyl (C=O) groups excluding carboxylic acids is 1. The first-order valence-electron chi connectivity index (χ1n) is 6.60. The van der Waals surface area contributed by atoms with Crippen LogP contribution in [0.5, 0.6) is 11.5 Å². The van der Waals surface area contributed by atoms with Gasteiger partial charge in [-0.2, -0.15) is 0 Å². The minimum absolute atomic E-state index is 0.670. The fraction of sp³-hybridized carbons (Fsp3) is 0.0556. The van der Waals surface area contributed by atoms with Crippen LogP contribution in [0.1, 0.15) is 15.9 Å². The molecule has 0 N–H and O–H groups in total. The number of aryl methyl sites for hydroxylation is 1. The highest BCUT2D eigenvalue weighted by Gasteiger charge is 2.07. The molecule has 3 rings (SSSR count). The van der Waals surface area contributed by atoms with Crippen molar-refractivity contribution in [1.29, 1.82) is 0 Å². The predicted octanol–water partition coefficient (Wildman–Crippen LogP) is 5.41. The molecule has 0 saturated heterocycles. The van der Waals surface area contributed by atoms with E-state index in [0.717, 1.165) is 28.4 Å². The van der Waals surface area contributed by atoms with Gasteiger partial charge in [-0.3, -0.25) is 4.79 Å². The molecule has 0 aliphatic carbocycles. The largest absolute Gasteiger partial charge is 0.457 e. The summed E-state index contributed by atoms with van der Waals surface area (Å²) in [5, 5.41) is 2.62. The molecule has 0 aliphatic heterocycles. The molecule has 0 heterocycles. The minimum atomic E-state index is 0.670. The van der Waals surface area contributed by atoms with Crippen molar-refractivity contribution in [2.24, 2.45) is 0 Å². The lowest BCUT2D eigenvalue weighted by Gasteiger charge is -2.11. The van der Waals surface area contributed by atoms with Gasteiger partial charge in [-0.1, -0.05) is 35.9 Å².